The van der Waals surface area contributed by atoms with E-state index in [0.29, 0.717) is 35.0 Å². The van der Waals surface area contributed by atoms with Crippen LogP contribution < -0.4 is 10.6 Å². The third-order valence-electron chi connectivity index (χ3n) is 4.75. The van der Waals surface area contributed by atoms with Crippen LogP contribution in [0, 0.1) is 5.82 Å². The smallest absolute Gasteiger partial charge is 0.226 e. The van der Waals surface area contributed by atoms with Gasteiger partial charge in [0.05, 0.1) is 6.20 Å². The van der Waals surface area contributed by atoms with Crippen LogP contribution in [0.4, 0.5) is 15.9 Å². The van der Waals surface area contributed by atoms with Crippen LogP contribution in [0.25, 0.3) is 16.9 Å². The van der Waals surface area contributed by atoms with Crippen molar-refractivity contribution in [2.75, 3.05) is 17.2 Å². The van der Waals surface area contributed by atoms with E-state index in [2.05, 4.69) is 20.6 Å². The number of nitrogens with one attached hydrogen (secondary N) is 2. The average molecular weight is 417 g/mol. The number of Topliss-reactive ketones (excluding diaryl/α,β-unsaturated/α-hetero) is 1. The Labute approximate surface area is 178 Å². The number of anilines is 2. The molecule has 8 heteroatoms. The van der Waals surface area contributed by atoms with Gasteiger partial charge in [0, 0.05) is 42.2 Å². The predicted octanol–water partition coefficient (Wildman–Crippen LogP) is 4.18. The SMILES string of the molecule is CC(=O)c1cccc(NC(=O)CCNc2c(-c3ccc(F)cc3)nc3cnccn23)c1. The first kappa shape index (κ1) is 20.2. The van der Waals surface area contributed by atoms with Gasteiger partial charge in [-0.3, -0.25) is 19.0 Å². The molecule has 0 aliphatic rings. The minimum atomic E-state index is -0.325. The predicted molar refractivity (Wildman–Crippen MR) is 117 cm³/mol. The monoisotopic (exact) mass is 417 g/mol. The van der Waals surface area contributed by atoms with Crippen LogP contribution in [-0.4, -0.2) is 32.6 Å². The van der Waals surface area contributed by atoms with Crippen LogP contribution in [0.1, 0.15) is 23.7 Å². The molecular weight excluding hydrogens is 397 g/mol. The Bertz CT molecular complexity index is 1250. The fraction of sp³-hybridized carbons (Fsp3) is 0.130. The van der Waals surface area contributed by atoms with Gasteiger partial charge in [-0.25, -0.2) is 9.37 Å². The van der Waals surface area contributed by atoms with Crippen molar-refractivity contribution in [3.05, 3.63) is 78.5 Å². The molecule has 2 aromatic heterocycles. The van der Waals surface area contributed by atoms with E-state index in [1.165, 1.54) is 19.1 Å². The van der Waals surface area contributed by atoms with Gasteiger partial charge in [-0.15, -0.1) is 0 Å². The van der Waals surface area contributed by atoms with E-state index < -0.39 is 0 Å². The molecule has 0 radical (unpaired) electrons. The molecule has 2 N–H and O–H groups in total. The zero-order valence-corrected chi connectivity index (χ0v) is 16.8. The van der Waals surface area contributed by atoms with Crippen molar-refractivity contribution in [2.24, 2.45) is 0 Å². The molecule has 0 aliphatic carbocycles. The summed E-state index contributed by atoms with van der Waals surface area (Å²) in [6.07, 6.45) is 5.24. The van der Waals surface area contributed by atoms with Gasteiger partial charge in [0.25, 0.3) is 0 Å². The lowest BCUT2D eigenvalue weighted by molar-refractivity contribution is -0.115. The van der Waals surface area contributed by atoms with Crippen molar-refractivity contribution in [1.82, 2.24) is 14.4 Å². The third kappa shape index (κ3) is 4.58. The Kier molecular flexibility index (Phi) is 5.70. The number of imidazole rings is 1. The van der Waals surface area contributed by atoms with Gasteiger partial charge in [-0.05, 0) is 43.3 Å². The molecule has 2 aromatic carbocycles. The Morgan fingerprint density at radius 3 is 2.71 bits per heavy atom. The molecule has 4 rings (SSSR count). The lowest BCUT2D eigenvalue weighted by Gasteiger charge is -2.10. The van der Waals surface area contributed by atoms with Crippen LogP contribution in [-0.2, 0) is 4.79 Å². The van der Waals surface area contributed by atoms with Crippen molar-refractivity contribution in [3.63, 3.8) is 0 Å². The molecule has 0 saturated heterocycles. The van der Waals surface area contributed by atoms with Crippen LogP contribution in [0.2, 0.25) is 0 Å². The van der Waals surface area contributed by atoms with Gasteiger partial charge < -0.3 is 10.6 Å². The maximum Gasteiger partial charge on any atom is 0.226 e. The average Bonchev–Trinajstić information content (AvgIpc) is 3.13. The molecule has 31 heavy (non-hydrogen) atoms. The maximum absolute atomic E-state index is 13.3. The second kappa shape index (κ2) is 8.74. The number of aromatic nitrogens is 3. The standard InChI is InChI=1S/C23H20FN5O2/c1-15(30)17-3-2-4-19(13-17)27-21(31)9-10-26-23-22(16-5-7-18(24)8-6-16)28-20-14-25-11-12-29(20)23/h2-8,11-14,26H,9-10H2,1H3,(H,27,31). The van der Waals surface area contributed by atoms with E-state index in [-0.39, 0.29) is 23.9 Å². The van der Waals surface area contributed by atoms with Crippen molar-refractivity contribution in [2.45, 2.75) is 13.3 Å². The van der Waals surface area contributed by atoms with Gasteiger partial charge in [-0.1, -0.05) is 12.1 Å². The molecule has 0 fully saturated rings. The fourth-order valence-electron chi connectivity index (χ4n) is 3.22. The lowest BCUT2D eigenvalue weighted by atomic mass is 10.1. The van der Waals surface area contributed by atoms with Crippen molar-refractivity contribution >= 4 is 28.8 Å². The number of hydrogen-bond donors (Lipinski definition) is 2. The van der Waals surface area contributed by atoms with E-state index in [0.717, 1.165) is 5.56 Å². The second-order valence-electron chi connectivity index (χ2n) is 6.98. The van der Waals surface area contributed by atoms with Crippen LogP contribution >= 0.6 is 0 Å². The number of nitrogens with zero attached hydrogens (tertiary/aromatic N) is 3. The highest BCUT2D eigenvalue weighted by molar-refractivity contribution is 5.97. The number of fused-ring (bicyclic) bond motifs is 1. The van der Waals surface area contributed by atoms with E-state index >= 15 is 0 Å². The van der Waals surface area contributed by atoms with Gasteiger partial charge in [0.2, 0.25) is 5.91 Å². The number of halogens is 1. The second-order valence-corrected chi connectivity index (χ2v) is 6.98. The first-order valence-corrected chi connectivity index (χ1v) is 9.74. The molecule has 0 atom stereocenters. The Balaban J connectivity index is 1.48. The summed E-state index contributed by atoms with van der Waals surface area (Å²) in [7, 11) is 0. The van der Waals surface area contributed by atoms with Gasteiger partial charge in [0.1, 0.15) is 17.3 Å². The molecule has 0 bridgehead atoms. The Hall–Kier alpha value is -4.07. The van der Waals surface area contributed by atoms with E-state index in [4.69, 9.17) is 0 Å². The number of carbonyl (C=O) groups excluding carboxylic acids is 2. The van der Waals surface area contributed by atoms with Crippen LogP contribution in [0.15, 0.2) is 67.1 Å². The zero-order chi connectivity index (χ0) is 21.8. The highest BCUT2D eigenvalue weighted by Crippen LogP contribution is 2.28. The van der Waals surface area contributed by atoms with Gasteiger partial charge in [-0.2, -0.15) is 0 Å². The first-order valence-electron chi connectivity index (χ1n) is 9.74. The van der Waals surface area contributed by atoms with E-state index in [9.17, 15) is 14.0 Å². The number of hydrogen-bond acceptors (Lipinski definition) is 5. The molecule has 0 spiro atoms. The van der Waals surface area contributed by atoms with E-state index in [1.807, 2.05) is 4.40 Å². The minimum absolute atomic E-state index is 0.0619. The lowest BCUT2D eigenvalue weighted by Crippen LogP contribution is -2.17. The topological polar surface area (TPSA) is 88.4 Å². The fourth-order valence-corrected chi connectivity index (χ4v) is 3.22. The summed E-state index contributed by atoms with van der Waals surface area (Å²) in [6.45, 7) is 1.83. The summed E-state index contributed by atoms with van der Waals surface area (Å²) >= 11 is 0. The normalized spacial score (nSPS) is 10.8. The number of carbonyl (C=O) groups is 2. The third-order valence-corrected chi connectivity index (χ3v) is 4.75. The minimum Gasteiger partial charge on any atom is -0.369 e. The molecular formula is C23H20FN5O2. The van der Waals surface area contributed by atoms with Crippen LogP contribution in [0.3, 0.4) is 0 Å². The summed E-state index contributed by atoms with van der Waals surface area (Å²) in [6, 6.07) is 12.9. The zero-order valence-electron chi connectivity index (χ0n) is 16.8. The Morgan fingerprint density at radius 1 is 1.13 bits per heavy atom. The summed E-state index contributed by atoms with van der Waals surface area (Å²) < 4.78 is 15.2. The summed E-state index contributed by atoms with van der Waals surface area (Å²) in [4.78, 5) is 32.6. The molecule has 0 saturated carbocycles. The quantitative estimate of drug-likeness (QED) is 0.441. The summed E-state index contributed by atoms with van der Waals surface area (Å²) in [5.74, 6) is 0.116. The number of amides is 1. The molecule has 0 aliphatic heterocycles. The summed E-state index contributed by atoms with van der Waals surface area (Å²) in [5.41, 5.74) is 3.14. The Morgan fingerprint density at radius 2 is 1.94 bits per heavy atom. The number of ketones is 1. The van der Waals surface area contributed by atoms with E-state index in [1.54, 1.807) is 55.0 Å². The highest BCUT2D eigenvalue weighted by atomic mass is 19.1. The van der Waals surface area contributed by atoms with Crippen molar-refractivity contribution in [1.29, 1.82) is 0 Å². The number of benzene rings is 2. The van der Waals surface area contributed by atoms with Crippen molar-refractivity contribution in [3.8, 4) is 11.3 Å². The van der Waals surface area contributed by atoms with Crippen molar-refractivity contribution < 1.29 is 14.0 Å². The molecule has 156 valence electrons. The highest BCUT2D eigenvalue weighted by Gasteiger charge is 2.14. The molecule has 4 aromatic rings. The van der Waals surface area contributed by atoms with Gasteiger partial charge in [0.15, 0.2) is 11.4 Å². The number of rotatable bonds is 7. The summed E-state index contributed by atoms with van der Waals surface area (Å²) in [5, 5.41) is 6.06. The maximum atomic E-state index is 13.3. The first-order chi connectivity index (χ1) is 15.0. The molecule has 7 nitrogen and oxygen atoms in total. The molecule has 0 unspecified atom stereocenters. The largest absolute Gasteiger partial charge is 0.369 e. The van der Waals surface area contributed by atoms with Gasteiger partial charge >= 0.3 is 0 Å². The molecule has 1 amide bonds. The molecule has 2 heterocycles. The van der Waals surface area contributed by atoms with Crippen LogP contribution in [0.5, 0.6) is 0 Å².